The third-order valence-electron chi connectivity index (χ3n) is 2.55. The number of rotatable bonds is 1. The van der Waals surface area contributed by atoms with E-state index in [2.05, 4.69) is 17.0 Å². The number of benzene rings is 1. The van der Waals surface area contributed by atoms with Gasteiger partial charge in [0.15, 0.2) is 0 Å². The highest BCUT2D eigenvalue weighted by Crippen LogP contribution is 2.21. The second kappa shape index (κ2) is 5.47. The Bertz CT molecular complexity index is 265. The van der Waals surface area contributed by atoms with Gasteiger partial charge in [-0.2, -0.15) is 0 Å². The Morgan fingerprint density at radius 3 is 2.07 bits per heavy atom. The van der Waals surface area contributed by atoms with Crippen LogP contribution in [-0.4, -0.2) is 13.1 Å². The van der Waals surface area contributed by atoms with Crippen LogP contribution >= 0.6 is 24.0 Å². The van der Waals surface area contributed by atoms with Gasteiger partial charge in [0, 0.05) is 23.8 Å². The van der Waals surface area contributed by atoms with Crippen LogP contribution in [0.5, 0.6) is 0 Å². The summed E-state index contributed by atoms with van der Waals surface area (Å²) in [6.07, 6.45) is 4.02. The van der Waals surface area contributed by atoms with Crippen molar-refractivity contribution in [2.24, 2.45) is 0 Å². The minimum Gasteiger partial charge on any atom is -0.372 e. The number of nitrogens with zero attached hydrogens (tertiary/aromatic N) is 1. The molecule has 14 heavy (non-hydrogen) atoms. The summed E-state index contributed by atoms with van der Waals surface area (Å²) in [4.78, 5) is 2.43. The van der Waals surface area contributed by atoms with Crippen molar-refractivity contribution in [2.45, 2.75) is 19.3 Å². The van der Waals surface area contributed by atoms with E-state index in [0.29, 0.717) is 0 Å². The first kappa shape index (κ1) is 11.7. The van der Waals surface area contributed by atoms with E-state index in [4.69, 9.17) is 11.6 Å². The highest BCUT2D eigenvalue weighted by atomic mass is 35.5. The van der Waals surface area contributed by atoms with Gasteiger partial charge >= 0.3 is 0 Å². The van der Waals surface area contributed by atoms with Gasteiger partial charge < -0.3 is 4.90 Å². The fraction of sp³-hybridized carbons (Fsp3) is 0.455. The highest BCUT2D eigenvalue weighted by Gasteiger charge is 2.09. The van der Waals surface area contributed by atoms with E-state index in [1.807, 2.05) is 12.1 Å². The van der Waals surface area contributed by atoms with Gasteiger partial charge in [0.05, 0.1) is 0 Å². The topological polar surface area (TPSA) is 3.24 Å². The minimum absolute atomic E-state index is 0. The van der Waals surface area contributed by atoms with Crippen molar-refractivity contribution in [1.29, 1.82) is 0 Å². The van der Waals surface area contributed by atoms with Gasteiger partial charge in [0.2, 0.25) is 0 Å². The summed E-state index contributed by atoms with van der Waals surface area (Å²) in [6, 6.07) is 8.14. The summed E-state index contributed by atoms with van der Waals surface area (Å²) in [5.41, 5.74) is 1.31. The van der Waals surface area contributed by atoms with Gasteiger partial charge in [-0.25, -0.2) is 0 Å². The first-order chi connectivity index (χ1) is 6.36. The average Bonchev–Trinajstić information content (AvgIpc) is 2.20. The summed E-state index contributed by atoms with van der Waals surface area (Å²) in [6.45, 7) is 2.39. The van der Waals surface area contributed by atoms with E-state index in [1.54, 1.807) is 0 Å². The van der Waals surface area contributed by atoms with Gasteiger partial charge in [-0.1, -0.05) is 11.6 Å². The molecule has 0 bridgehead atoms. The lowest BCUT2D eigenvalue weighted by molar-refractivity contribution is 0.578. The Labute approximate surface area is 96.5 Å². The quantitative estimate of drug-likeness (QED) is 0.712. The Balaban J connectivity index is 0.000000980. The largest absolute Gasteiger partial charge is 0.372 e. The molecule has 0 aliphatic carbocycles. The third kappa shape index (κ3) is 2.79. The molecule has 1 aliphatic heterocycles. The second-order valence-electron chi connectivity index (χ2n) is 3.52. The molecule has 0 radical (unpaired) electrons. The molecule has 0 unspecified atom stereocenters. The molecule has 1 fully saturated rings. The molecule has 1 aromatic rings. The van der Waals surface area contributed by atoms with E-state index in [9.17, 15) is 0 Å². The van der Waals surface area contributed by atoms with E-state index in [1.165, 1.54) is 38.0 Å². The lowest BCUT2D eigenvalue weighted by atomic mass is 10.1. The van der Waals surface area contributed by atoms with Crippen LogP contribution in [0.1, 0.15) is 19.3 Å². The van der Waals surface area contributed by atoms with Crippen LogP contribution < -0.4 is 4.90 Å². The molecule has 78 valence electrons. The predicted octanol–water partition coefficient (Wildman–Crippen LogP) is 3.75. The maximum atomic E-state index is 5.83. The molecule has 0 spiro atoms. The number of hydrogen-bond donors (Lipinski definition) is 0. The molecule has 0 atom stereocenters. The molecule has 1 aromatic carbocycles. The number of hydrogen-bond acceptors (Lipinski definition) is 1. The van der Waals surface area contributed by atoms with E-state index in [0.717, 1.165) is 5.02 Å². The molecular formula is C11H15Cl2N. The SMILES string of the molecule is Cl.Clc1ccc(N2CCCCC2)cc1. The van der Waals surface area contributed by atoms with Crippen LogP contribution in [0.3, 0.4) is 0 Å². The highest BCUT2D eigenvalue weighted by molar-refractivity contribution is 6.30. The smallest absolute Gasteiger partial charge is 0.0407 e. The van der Waals surface area contributed by atoms with Crippen LogP contribution in [0.15, 0.2) is 24.3 Å². The van der Waals surface area contributed by atoms with Crippen molar-refractivity contribution >= 4 is 29.7 Å². The summed E-state index contributed by atoms with van der Waals surface area (Å²) in [5, 5.41) is 0.820. The van der Waals surface area contributed by atoms with E-state index < -0.39 is 0 Å². The van der Waals surface area contributed by atoms with E-state index in [-0.39, 0.29) is 12.4 Å². The van der Waals surface area contributed by atoms with Crippen LogP contribution in [0.25, 0.3) is 0 Å². The Morgan fingerprint density at radius 1 is 0.929 bits per heavy atom. The van der Waals surface area contributed by atoms with Gasteiger partial charge in [-0.15, -0.1) is 12.4 Å². The molecule has 2 rings (SSSR count). The molecule has 3 heteroatoms. The van der Waals surface area contributed by atoms with Crippen molar-refractivity contribution in [3.05, 3.63) is 29.3 Å². The van der Waals surface area contributed by atoms with Crippen LogP contribution in [0.4, 0.5) is 5.69 Å². The summed E-state index contributed by atoms with van der Waals surface area (Å²) < 4.78 is 0. The maximum absolute atomic E-state index is 5.83. The fourth-order valence-electron chi connectivity index (χ4n) is 1.80. The van der Waals surface area contributed by atoms with Crippen molar-refractivity contribution in [2.75, 3.05) is 18.0 Å². The van der Waals surface area contributed by atoms with Crippen molar-refractivity contribution in [3.63, 3.8) is 0 Å². The second-order valence-corrected chi connectivity index (χ2v) is 3.96. The molecule has 0 N–H and O–H groups in total. The minimum atomic E-state index is 0. The summed E-state index contributed by atoms with van der Waals surface area (Å²) in [5.74, 6) is 0. The standard InChI is InChI=1S/C11H14ClN.ClH/c12-10-4-6-11(7-5-10)13-8-2-1-3-9-13;/h4-7H,1-3,8-9H2;1H. The van der Waals surface area contributed by atoms with Crippen molar-refractivity contribution in [1.82, 2.24) is 0 Å². The molecule has 0 amide bonds. The van der Waals surface area contributed by atoms with Gasteiger partial charge in [0.25, 0.3) is 0 Å². The monoisotopic (exact) mass is 231 g/mol. The number of halogens is 2. The molecule has 1 nitrogen and oxygen atoms in total. The zero-order valence-electron chi connectivity index (χ0n) is 8.08. The van der Waals surface area contributed by atoms with Gasteiger partial charge in [0.1, 0.15) is 0 Å². The van der Waals surface area contributed by atoms with Crippen LogP contribution in [-0.2, 0) is 0 Å². The first-order valence-electron chi connectivity index (χ1n) is 4.87. The van der Waals surface area contributed by atoms with Crippen molar-refractivity contribution < 1.29 is 0 Å². The molecule has 1 saturated heterocycles. The third-order valence-corrected chi connectivity index (χ3v) is 2.80. The van der Waals surface area contributed by atoms with Crippen molar-refractivity contribution in [3.8, 4) is 0 Å². The fourth-order valence-corrected chi connectivity index (χ4v) is 1.93. The molecule has 0 aromatic heterocycles. The Hall–Kier alpha value is -0.400. The lowest BCUT2D eigenvalue weighted by Gasteiger charge is -2.28. The number of piperidine rings is 1. The summed E-state index contributed by atoms with van der Waals surface area (Å²) >= 11 is 5.83. The normalized spacial score (nSPS) is 16.2. The molecule has 1 heterocycles. The Kier molecular flexibility index (Phi) is 4.56. The summed E-state index contributed by atoms with van der Waals surface area (Å²) in [7, 11) is 0. The van der Waals surface area contributed by atoms with Gasteiger partial charge in [-0.05, 0) is 43.5 Å². The molecular weight excluding hydrogens is 217 g/mol. The Morgan fingerprint density at radius 2 is 1.50 bits per heavy atom. The molecule has 0 saturated carbocycles. The van der Waals surface area contributed by atoms with Crippen LogP contribution in [0, 0.1) is 0 Å². The first-order valence-corrected chi connectivity index (χ1v) is 5.24. The molecule has 1 aliphatic rings. The maximum Gasteiger partial charge on any atom is 0.0407 e. The van der Waals surface area contributed by atoms with Gasteiger partial charge in [-0.3, -0.25) is 0 Å². The zero-order valence-corrected chi connectivity index (χ0v) is 9.65. The number of anilines is 1. The van der Waals surface area contributed by atoms with E-state index >= 15 is 0 Å². The van der Waals surface area contributed by atoms with Crippen LogP contribution in [0.2, 0.25) is 5.02 Å². The average molecular weight is 232 g/mol. The predicted molar refractivity (Wildman–Crippen MR) is 64.8 cm³/mol. The zero-order chi connectivity index (χ0) is 9.10. The lowest BCUT2D eigenvalue weighted by Crippen LogP contribution is -2.29.